The predicted molar refractivity (Wildman–Crippen MR) is 70.7 cm³/mol. The maximum absolute atomic E-state index is 4.67. The summed E-state index contributed by atoms with van der Waals surface area (Å²) in [6.45, 7) is 6.65. The zero-order valence-corrected chi connectivity index (χ0v) is 10.9. The van der Waals surface area contributed by atoms with E-state index in [9.17, 15) is 0 Å². The van der Waals surface area contributed by atoms with Gasteiger partial charge < -0.3 is 5.32 Å². The molecule has 0 saturated carbocycles. The Morgan fingerprint density at radius 3 is 2.71 bits per heavy atom. The summed E-state index contributed by atoms with van der Waals surface area (Å²) in [6.07, 6.45) is 2.66. The van der Waals surface area contributed by atoms with Gasteiger partial charge in [0.15, 0.2) is 0 Å². The van der Waals surface area contributed by atoms with Gasteiger partial charge in [0.1, 0.15) is 0 Å². The van der Waals surface area contributed by atoms with Crippen molar-refractivity contribution in [1.29, 1.82) is 0 Å². The second-order valence-electron chi connectivity index (χ2n) is 5.11. The molecular formula is C14H23N3. The molecule has 0 radical (unpaired) electrons. The van der Waals surface area contributed by atoms with Gasteiger partial charge in [0.05, 0.1) is 11.4 Å². The quantitative estimate of drug-likeness (QED) is 0.862. The fourth-order valence-electron chi connectivity index (χ4n) is 2.35. The number of nitrogens with zero attached hydrogens (tertiary/aromatic N) is 2. The zero-order chi connectivity index (χ0) is 12.1. The van der Waals surface area contributed by atoms with Crippen LogP contribution in [0.5, 0.6) is 0 Å². The number of nitrogens with one attached hydrogen (secondary N) is 1. The highest BCUT2D eigenvalue weighted by Crippen LogP contribution is 2.17. The molecule has 3 heteroatoms. The Hall–Kier alpha value is -0.930. The summed E-state index contributed by atoms with van der Waals surface area (Å²) >= 11 is 0. The van der Waals surface area contributed by atoms with Gasteiger partial charge in [-0.3, -0.25) is 9.88 Å². The third-order valence-corrected chi connectivity index (χ3v) is 3.48. The van der Waals surface area contributed by atoms with Crippen molar-refractivity contribution in [3.8, 4) is 0 Å². The summed E-state index contributed by atoms with van der Waals surface area (Å²) in [4.78, 5) is 7.19. The first kappa shape index (κ1) is 12.5. The van der Waals surface area contributed by atoms with Crippen LogP contribution in [0.2, 0.25) is 0 Å². The predicted octanol–water partition coefficient (Wildman–Crippen LogP) is 2.03. The Morgan fingerprint density at radius 2 is 2.00 bits per heavy atom. The van der Waals surface area contributed by atoms with Gasteiger partial charge in [-0.25, -0.2) is 0 Å². The van der Waals surface area contributed by atoms with Crippen molar-refractivity contribution in [2.45, 2.75) is 32.9 Å². The van der Waals surface area contributed by atoms with E-state index in [1.165, 1.54) is 31.6 Å². The van der Waals surface area contributed by atoms with E-state index in [0.717, 1.165) is 24.7 Å². The lowest BCUT2D eigenvalue weighted by molar-refractivity contribution is 0.183. The minimum absolute atomic E-state index is 0.852. The Morgan fingerprint density at radius 1 is 1.29 bits per heavy atom. The zero-order valence-electron chi connectivity index (χ0n) is 10.9. The van der Waals surface area contributed by atoms with Gasteiger partial charge >= 0.3 is 0 Å². The van der Waals surface area contributed by atoms with Gasteiger partial charge in [0.2, 0.25) is 0 Å². The summed E-state index contributed by atoms with van der Waals surface area (Å²) in [5, 5.41) is 3.14. The molecule has 1 fully saturated rings. The Kier molecular flexibility index (Phi) is 4.51. The number of pyridine rings is 1. The standard InChI is InChI=1S/C14H23N3/c1-12-6-8-17(9-7-12)11-14-5-3-4-13(16-14)10-15-2/h3-5,12,15H,6-11H2,1-2H3. The largest absolute Gasteiger partial charge is 0.314 e. The number of aromatic nitrogens is 1. The monoisotopic (exact) mass is 233 g/mol. The second kappa shape index (κ2) is 6.12. The lowest BCUT2D eigenvalue weighted by Crippen LogP contribution is -2.32. The molecule has 0 unspecified atom stereocenters. The van der Waals surface area contributed by atoms with Crippen LogP contribution in [0.1, 0.15) is 31.2 Å². The van der Waals surface area contributed by atoms with Crippen molar-refractivity contribution >= 4 is 0 Å². The van der Waals surface area contributed by atoms with Gasteiger partial charge in [-0.1, -0.05) is 13.0 Å². The van der Waals surface area contributed by atoms with Crippen molar-refractivity contribution in [2.24, 2.45) is 5.92 Å². The van der Waals surface area contributed by atoms with Gasteiger partial charge in [0.25, 0.3) is 0 Å². The molecule has 3 nitrogen and oxygen atoms in total. The first-order valence-corrected chi connectivity index (χ1v) is 6.59. The van der Waals surface area contributed by atoms with E-state index in [-0.39, 0.29) is 0 Å². The molecule has 0 amide bonds. The molecule has 1 N–H and O–H groups in total. The molecule has 0 spiro atoms. The fourth-order valence-corrected chi connectivity index (χ4v) is 2.35. The number of hydrogen-bond acceptors (Lipinski definition) is 3. The molecule has 94 valence electrons. The molecule has 0 bridgehead atoms. The van der Waals surface area contributed by atoms with E-state index in [2.05, 4.69) is 40.3 Å². The number of hydrogen-bond donors (Lipinski definition) is 1. The van der Waals surface area contributed by atoms with Crippen LogP contribution in [-0.4, -0.2) is 30.0 Å². The van der Waals surface area contributed by atoms with Crippen LogP contribution >= 0.6 is 0 Å². The van der Waals surface area contributed by atoms with Crippen LogP contribution in [0, 0.1) is 5.92 Å². The highest BCUT2D eigenvalue weighted by Gasteiger charge is 2.15. The normalized spacial score (nSPS) is 18.5. The third kappa shape index (κ3) is 3.79. The molecule has 1 aliphatic heterocycles. The Balaban J connectivity index is 1.91. The molecule has 1 aromatic heterocycles. The molecular weight excluding hydrogens is 210 g/mol. The number of piperidine rings is 1. The van der Waals surface area contributed by atoms with Crippen molar-refractivity contribution in [1.82, 2.24) is 15.2 Å². The van der Waals surface area contributed by atoms with E-state index in [1.807, 2.05) is 7.05 Å². The van der Waals surface area contributed by atoms with E-state index in [4.69, 9.17) is 0 Å². The van der Waals surface area contributed by atoms with E-state index in [0.29, 0.717) is 0 Å². The number of rotatable bonds is 4. The van der Waals surface area contributed by atoms with Gasteiger partial charge in [-0.05, 0) is 51.0 Å². The van der Waals surface area contributed by atoms with E-state index in [1.54, 1.807) is 0 Å². The molecule has 17 heavy (non-hydrogen) atoms. The van der Waals surface area contributed by atoms with Crippen LogP contribution < -0.4 is 5.32 Å². The lowest BCUT2D eigenvalue weighted by atomic mass is 9.99. The molecule has 0 aromatic carbocycles. The fraction of sp³-hybridized carbons (Fsp3) is 0.643. The summed E-state index contributed by atoms with van der Waals surface area (Å²) in [6, 6.07) is 6.33. The van der Waals surface area contributed by atoms with Crippen molar-refractivity contribution in [3.63, 3.8) is 0 Å². The van der Waals surface area contributed by atoms with Crippen LogP contribution in [0.15, 0.2) is 18.2 Å². The first-order chi connectivity index (χ1) is 8.28. The SMILES string of the molecule is CNCc1cccc(CN2CCC(C)CC2)n1. The van der Waals surface area contributed by atoms with Gasteiger partial charge in [-0.15, -0.1) is 0 Å². The Labute approximate surface area is 104 Å². The Bertz CT molecular complexity index is 343. The van der Waals surface area contributed by atoms with Crippen LogP contribution in [0.25, 0.3) is 0 Å². The van der Waals surface area contributed by atoms with E-state index >= 15 is 0 Å². The molecule has 0 atom stereocenters. The summed E-state index contributed by atoms with van der Waals surface area (Å²) < 4.78 is 0. The molecule has 1 saturated heterocycles. The summed E-state index contributed by atoms with van der Waals surface area (Å²) in [7, 11) is 1.96. The second-order valence-corrected chi connectivity index (χ2v) is 5.11. The average molecular weight is 233 g/mol. The molecule has 2 heterocycles. The molecule has 1 aliphatic rings. The van der Waals surface area contributed by atoms with Crippen LogP contribution in [0.3, 0.4) is 0 Å². The minimum atomic E-state index is 0.852. The highest BCUT2D eigenvalue weighted by molar-refractivity contribution is 5.11. The maximum atomic E-state index is 4.67. The molecule has 1 aromatic rings. The van der Waals surface area contributed by atoms with Crippen molar-refractivity contribution in [3.05, 3.63) is 29.6 Å². The molecule has 2 rings (SSSR count). The van der Waals surface area contributed by atoms with Crippen molar-refractivity contribution in [2.75, 3.05) is 20.1 Å². The summed E-state index contributed by atoms with van der Waals surface area (Å²) in [5.74, 6) is 0.898. The number of likely N-dealkylation sites (tertiary alicyclic amines) is 1. The van der Waals surface area contributed by atoms with Gasteiger partial charge in [0, 0.05) is 13.1 Å². The maximum Gasteiger partial charge on any atom is 0.0547 e. The van der Waals surface area contributed by atoms with Crippen molar-refractivity contribution < 1.29 is 0 Å². The third-order valence-electron chi connectivity index (χ3n) is 3.48. The van der Waals surface area contributed by atoms with Gasteiger partial charge in [-0.2, -0.15) is 0 Å². The topological polar surface area (TPSA) is 28.2 Å². The minimum Gasteiger partial charge on any atom is -0.314 e. The smallest absolute Gasteiger partial charge is 0.0547 e. The van der Waals surface area contributed by atoms with E-state index < -0.39 is 0 Å². The average Bonchev–Trinajstić information content (AvgIpc) is 2.33. The van der Waals surface area contributed by atoms with Crippen LogP contribution in [-0.2, 0) is 13.1 Å². The molecule has 0 aliphatic carbocycles. The lowest BCUT2D eigenvalue weighted by Gasteiger charge is -2.29. The summed E-state index contributed by atoms with van der Waals surface area (Å²) in [5.41, 5.74) is 2.34. The first-order valence-electron chi connectivity index (χ1n) is 6.59. The van der Waals surface area contributed by atoms with Crippen LogP contribution in [0.4, 0.5) is 0 Å². The highest BCUT2D eigenvalue weighted by atomic mass is 15.1.